The molecule has 1 N–H and O–H groups in total. The van der Waals surface area contributed by atoms with Gasteiger partial charge in [-0.3, -0.25) is 10.1 Å². The third-order valence-electron chi connectivity index (χ3n) is 2.92. The number of nitrogens with one attached hydrogen (secondary N) is 1. The lowest BCUT2D eigenvalue weighted by Crippen LogP contribution is -2.12. The number of amides is 1. The predicted molar refractivity (Wildman–Crippen MR) is 85.3 cm³/mol. The molecule has 0 fully saturated rings. The second-order valence-electron chi connectivity index (χ2n) is 4.57. The van der Waals surface area contributed by atoms with Crippen LogP contribution < -0.4 is 5.32 Å². The van der Waals surface area contributed by atoms with Gasteiger partial charge in [0.25, 0.3) is 5.91 Å². The van der Waals surface area contributed by atoms with Crippen molar-refractivity contribution in [1.82, 2.24) is 10.2 Å². The van der Waals surface area contributed by atoms with Gasteiger partial charge in [0, 0.05) is 10.4 Å². The number of nitrogens with zero attached hydrogens (tertiary/aromatic N) is 2. The molecule has 2 rings (SSSR count). The van der Waals surface area contributed by atoms with Gasteiger partial charge < -0.3 is 0 Å². The molecule has 1 heterocycles. The lowest BCUT2D eigenvalue weighted by atomic mass is 10.1. The van der Waals surface area contributed by atoms with E-state index in [4.69, 9.17) is 0 Å². The number of carbonyl (C=O) groups excluding carboxylic acids is 1. The van der Waals surface area contributed by atoms with Crippen LogP contribution in [0.25, 0.3) is 0 Å². The van der Waals surface area contributed by atoms with E-state index in [0.29, 0.717) is 16.6 Å². The van der Waals surface area contributed by atoms with Crippen LogP contribution in [0.4, 0.5) is 5.13 Å². The van der Waals surface area contributed by atoms with Gasteiger partial charge in [-0.05, 0) is 34.5 Å². The van der Waals surface area contributed by atoms with Crippen LogP contribution in [0.3, 0.4) is 0 Å². The highest BCUT2D eigenvalue weighted by Crippen LogP contribution is 2.27. The highest BCUT2D eigenvalue weighted by molar-refractivity contribution is 9.10. The van der Waals surface area contributed by atoms with Gasteiger partial charge in [0.1, 0.15) is 5.01 Å². The fourth-order valence-corrected chi connectivity index (χ4v) is 3.14. The maximum absolute atomic E-state index is 12.1. The molecule has 0 aliphatic rings. The van der Waals surface area contributed by atoms with Crippen molar-refractivity contribution in [1.29, 1.82) is 0 Å². The van der Waals surface area contributed by atoms with E-state index >= 15 is 0 Å². The minimum absolute atomic E-state index is 0.177. The Labute approximate surface area is 130 Å². The minimum atomic E-state index is -0.177. The van der Waals surface area contributed by atoms with Crippen LogP contribution in [-0.2, 0) is 0 Å². The van der Waals surface area contributed by atoms with E-state index < -0.39 is 0 Å². The molecule has 1 atom stereocenters. The lowest BCUT2D eigenvalue weighted by molar-refractivity contribution is 0.102. The van der Waals surface area contributed by atoms with E-state index in [1.807, 2.05) is 18.2 Å². The third-order valence-corrected chi connectivity index (χ3v) is 4.68. The SMILES string of the molecule is CCCC(C)c1nnc(NC(=O)c2ccccc2Br)s1. The summed E-state index contributed by atoms with van der Waals surface area (Å²) in [6.07, 6.45) is 2.19. The summed E-state index contributed by atoms with van der Waals surface area (Å²) >= 11 is 4.81. The molecule has 0 bridgehead atoms. The van der Waals surface area contributed by atoms with Gasteiger partial charge in [-0.15, -0.1) is 10.2 Å². The molecule has 4 nitrogen and oxygen atoms in total. The Morgan fingerprint density at radius 2 is 2.15 bits per heavy atom. The molecule has 0 spiro atoms. The van der Waals surface area contributed by atoms with Gasteiger partial charge in [-0.25, -0.2) is 0 Å². The molecule has 0 saturated heterocycles. The molecule has 20 heavy (non-hydrogen) atoms. The number of carbonyl (C=O) groups is 1. The van der Waals surface area contributed by atoms with Crippen LogP contribution in [0, 0.1) is 0 Å². The Balaban J connectivity index is 2.07. The normalized spacial score (nSPS) is 12.2. The summed E-state index contributed by atoms with van der Waals surface area (Å²) < 4.78 is 0.765. The van der Waals surface area contributed by atoms with Gasteiger partial charge in [0.05, 0.1) is 5.56 Å². The van der Waals surface area contributed by atoms with Gasteiger partial charge in [0.15, 0.2) is 0 Å². The first-order chi connectivity index (χ1) is 9.61. The highest BCUT2D eigenvalue weighted by atomic mass is 79.9. The molecule has 0 radical (unpaired) electrons. The Hall–Kier alpha value is -1.27. The quantitative estimate of drug-likeness (QED) is 0.863. The van der Waals surface area contributed by atoms with Crippen LogP contribution in [0.15, 0.2) is 28.7 Å². The van der Waals surface area contributed by atoms with Gasteiger partial charge >= 0.3 is 0 Å². The van der Waals surface area contributed by atoms with Gasteiger partial charge in [-0.2, -0.15) is 0 Å². The summed E-state index contributed by atoms with van der Waals surface area (Å²) in [5.41, 5.74) is 0.589. The molecule has 1 aromatic carbocycles. The Morgan fingerprint density at radius 3 is 2.85 bits per heavy atom. The van der Waals surface area contributed by atoms with Crippen molar-refractivity contribution in [2.24, 2.45) is 0 Å². The molecule has 0 aliphatic heterocycles. The summed E-state index contributed by atoms with van der Waals surface area (Å²) in [5, 5.41) is 12.5. The number of hydrogen-bond donors (Lipinski definition) is 1. The largest absolute Gasteiger partial charge is 0.296 e. The van der Waals surface area contributed by atoms with E-state index in [0.717, 1.165) is 22.3 Å². The van der Waals surface area contributed by atoms with E-state index in [-0.39, 0.29) is 5.91 Å². The van der Waals surface area contributed by atoms with Crippen molar-refractivity contribution in [3.8, 4) is 0 Å². The molecule has 106 valence electrons. The zero-order valence-corrected chi connectivity index (χ0v) is 13.8. The zero-order chi connectivity index (χ0) is 14.5. The fraction of sp³-hybridized carbons (Fsp3) is 0.357. The van der Waals surface area contributed by atoms with E-state index in [9.17, 15) is 4.79 Å². The second kappa shape index (κ2) is 6.95. The monoisotopic (exact) mass is 353 g/mol. The minimum Gasteiger partial charge on any atom is -0.296 e. The second-order valence-corrected chi connectivity index (χ2v) is 6.43. The smallest absolute Gasteiger partial charge is 0.258 e. The molecule has 0 saturated carbocycles. The maximum atomic E-state index is 12.1. The summed E-state index contributed by atoms with van der Waals surface area (Å²) in [5.74, 6) is 0.204. The Morgan fingerprint density at radius 1 is 1.40 bits per heavy atom. The van der Waals surface area contributed by atoms with Crippen molar-refractivity contribution in [2.75, 3.05) is 5.32 Å². The third kappa shape index (κ3) is 3.64. The summed E-state index contributed by atoms with van der Waals surface area (Å²) in [4.78, 5) is 12.1. The Kier molecular flexibility index (Phi) is 5.25. The molecule has 0 aliphatic carbocycles. The topological polar surface area (TPSA) is 54.9 Å². The van der Waals surface area contributed by atoms with Crippen LogP contribution in [0.5, 0.6) is 0 Å². The number of aromatic nitrogens is 2. The number of halogens is 1. The molecule has 6 heteroatoms. The lowest BCUT2D eigenvalue weighted by Gasteiger charge is -2.04. The highest BCUT2D eigenvalue weighted by Gasteiger charge is 2.15. The molecular formula is C14H16BrN3OS. The van der Waals surface area contributed by atoms with Crippen molar-refractivity contribution >= 4 is 38.3 Å². The zero-order valence-electron chi connectivity index (χ0n) is 11.4. The summed E-state index contributed by atoms with van der Waals surface area (Å²) in [6.45, 7) is 4.27. The van der Waals surface area contributed by atoms with Crippen molar-refractivity contribution in [2.45, 2.75) is 32.6 Å². The standard InChI is InChI=1S/C14H16BrN3OS/c1-3-6-9(2)13-17-18-14(20-13)16-12(19)10-7-4-5-8-11(10)15/h4-5,7-9H,3,6H2,1-2H3,(H,16,18,19). The van der Waals surface area contributed by atoms with E-state index in [1.54, 1.807) is 6.07 Å². The first kappa shape index (κ1) is 15.1. The number of benzene rings is 1. The summed E-state index contributed by atoms with van der Waals surface area (Å²) in [6, 6.07) is 7.30. The predicted octanol–water partition coefficient (Wildman–Crippen LogP) is 4.46. The molecule has 1 aromatic heterocycles. The molecule has 2 aromatic rings. The summed E-state index contributed by atoms with van der Waals surface area (Å²) in [7, 11) is 0. The molecular weight excluding hydrogens is 338 g/mol. The Bertz CT molecular complexity index is 600. The maximum Gasteiger partial charge on any atom is 0.258 e. The fourth-order valence-electron chi connectivity index (χ4n) is 1.85. The van der Waals surface area contributed by atoms with E-state index in [1.165, 1.54) is 11.3 Å². The number of anilines is 1. The van der Waals surface area contributed by atoms with Gasteiger partial charge in [-0.1, -0.05) is 43.7 Å². The number of hydrogen-bond acceptors (Lipinski definition) is 4. The number of rotatable bonds is 5. The molecule has 1 unspecified atom stereocenters. The van der Waals surface area contributed by atoms with E-state index in [2.05, 4.69) is 45.3 Å². The average Bonchev–Trinajstić information content (AvgIpc) is 2.88. The van der Waals surface area contributed by atoms with Crippen LogP contribution >= 0.6 is 27.3 Å². The average molecular weight is 354 g/mol. The molecule has 1 amide bonds. The first-order valence-corrected chi connectivity index (χ1v) is 8.12. The van der Waals surface area contributed by atoms with Crippen LogP contribution in [0.1, 0.15) is 48.0 Å². The van der Waals surface area contributed by atoms with Crippen LogP contribution in [-0.4, -0.2) is 16.1 Å². The van der Waals surface area contributed by atoms with Crippen LogP contribution in [0.2, 0.25) is 0 Å². The van der Waals surface area contributed by atoms with Crippen molar-refractivity contribution < 1.29 is 4.79 Å². The van der Waals surface area contributed by atoms with Crippen molar-refractivity contribution in [3.05, 3.63) is 39.3 Å². The van der Waals surface area contributed by atoms with Crippen molar-refractivity contribution in [3.63, 3.8) is 0 Å². The first-order valence-electron chi connectivity index (χ1n) is 6.51. The van der Waals surface area contributed by atoms with Gasteiger partial charge in [0.2, 0.25) is 5.13 Å².